The summed E-state index contributed by atoms with van der Waals surface area (Å²) < 4.78 is 2.42. The predicted molar refractivity (Wildman–Crippen MR) is 114 cm³/mol. The van der Waals surface area contributed by atoms with Gasteiger partial charge in [0.25, 0.3) is 0 Å². The number of rotatable bonds is 3. The van der Waals surface area contributed by atoms with Gasteiger partial charge in [-0.15, -0.1) is 0 Å². The maximum Gasteiger partial charge on any atom is 0.354 e. The fourth-order valence-electron chi connectivity index (χ4n) is 3.77. The van der Waals surface area contributed by atoms with Crippen LogP contribution in [0.25, 0.3) is 0 Å². The highest BCUT2D eigenvalue weighted by Crippen LogP contribution is 2.10. The highest BCUT2D eigenvalue weighted by Gasteiger charge is 2.18. The molecular weight excluding hydrogens is 457 g/mol. The predicted octanol–water partition coefficient (Wildman–Crippen LogP) is 1.65. The summed E-state index contributed by atoms with van der Waals surface area (Å²) in [4.78, 5) is 23.1. The second-order valence-corrected chi connectivity index (χ2v) is 8.76. The zero-order valence-corrected chi connectivity index (χ0v) is 18.1. The Balaban J connectivity index is 1.64. The lowest BCUT2D eigenvalue weighted by atomic mass is 10.2. The first-order chi connectivity index (χ1) is 13.1. The number of hydrogen-bond acceptors (Lipinski definition) is 6. The summed E-state index contributed by atoms with van der Waals surface area (Å²) in [5.74, 6) is -0.960. The lowest BCUT2D eigenvalue weighted by Crippen LogP contribution is -2.45. The van der Waals surface area contributed by atoms with E-state index < -0.39 is 5.97 Å². The molecule has 150 valence electrons. The van der Waals surface area contributed by atoms with Crippen molar-refractivity contribution in [3.05, 3.63) is 29.6 Å². The molecule has 0 saturated carbocycles. The molecule has 2 bridgehead atoms. The molecule has 2 aliphatic heterocycles. The first-order valence-corrected chi connectivity index (χ1v) is 10.8. The highest BCUT2D eigenvalue weighted by atomic mass is 127. The van der Waals surface area contributed by atoms with Crippen LogP contribution in [-0.2, 0) is 6.54 Å². The molecule has 1 N–H and O–H groups in total. The molecule has 0 aromatic carbocycles. The van der Waals surface area contributed by atoms with Crippen LogP contribution in [0.5, 0.6) is 0 Å². The second kappa shape index (κ2) is 10.7. The minimum atomic E-state index is -0.960. The van der Waals surface area contributed by atoms with E-state index in [2.05, 4.69) is 45.7 Å². The zero-order chi connectivity index (χ0) is 19.1. The zero-order valence-electron chi connectivity index (χ0n) is 15.9. The number of carbonyl (C=O) groups is 1. The van der Waals surface area contributed by atoms with E-state index in [0.717, 1.165) is 84.1 Å². The Kier molecular flexibility index (Phi) is 8.25. The van der Waals surface area contributed by atoms with Gasteiger partial charge >= 0.3 is 5.97 Å². The molecule has 0 amide bonds. The van der Waals surface area contributed by atoms with Crippen molar-refractivity contribution in [2.45, 2.75) is 19.4 Å². The lowest BCUT2D eigenvalue weighted by molar-refractivity contribution is 0.0689. The molecule has 2 atom stereocenters. The molecule has 1 aromatic heterocycles. The molecule has 0 aliphatic carbocycles. The maximum absolute atomic E-state index is 11.2. The number of carboxylic acids is 1. The largest absolute Gasteiger partial charge is 0.477 e. The topological polar surface area (TPSA) is 63.2 Å². The van der Waals surface area contributed by atoms with Gasteiger partial charge in [-0.05, 0) is 44.6 Å². The number of nitrogens with zero attached hydrogens (tertiary/aromatic N) is 5. The van der Waals surface area contributed by atoms with Crippen LogP contribution in [0.3, 0.4) is 0 Å². The Labute approximate surface area is 175 Å². The van der Waals surface area contributed by atoms with Gasteiger partial charge in [0.2, 0.25) is 0 Å². The average Bonchev–Trinajstić information content (AvgIpc) is 2.66. The fourth-order valence-corrected chi connectivity index (χ4v) is 4.32. The summed E-state index contributed by atoms with van der Waals surface area (Å²) in [6.45, 7) is 11.8. The summed E-state index contributed by atoms with van der Waals surface area (Å²) in [6, 6.07) is 5.29. The van der Waals surface area contributed by atoms with E-state index in [1.165, 1.54) is 6.42 Å². The molecule has 0 spiro atoms. The normalized spacial score (nSPS) is 26.6. The summed E-state index contributed by atoms with van der Waals surface area (Å²) in [7, 11) is 0. The Hall–Kier alpha value is -0.810. The van der Waals surface area contributed by atoms with E-state index in [0.29, 0.717) is 0 Å². The third-order valence-electron chi connectivity index (χ3n) is 5.36. The van der Waals surface area contributed by atoms with Crippen molar-refractivity contribution in [3.8, 4) is 0 Å². The SMILES string of the molecule is O=C(O)c1cccc(CN2CCCN3CCN(I)CCCN(CC3)CC2)n1. The van der Waals surface area contributed by atoms with Crippen LogP contribution in [0.15, 0.2) is 18.2 Å². The molecule has 1 aromatic rings. The van der Waals surface area contributed by atoms with Gasteiger partial charge in [-0.1, -0.05) is 6.07 Å². The number of pyridine rings is 1. The molecule has 7 nitrogen and oxygen atoms in total. The Bertz CT molecular complexity index is 618. The minimum absolute atomic E-state index is 0.131. The molecule has 3 rings (SSSR count). The van der Waals surface area contributed by atoms with Crippen LogP contribution < -0.4 is 0 Å². The maximum atomic E-state index is 11.2. The molecule has 2 unspecified atom stereocenters. The summed E-state index contributed by atoms with van der Waals surface area (Å²) in [5, 5.41) is 9.17. The van der Waals surface area contributed by atoms with E-state index in [1.54, 1.807) is 12.1 Å². The molecule has 27 heavy (non-hydrogen) atoms. The van der Waals surface area contributed by atoms with E-state index in [1.807, 2.05) is 6.07 Å². The lowest BCUT2D eigenvalue weighted by Gasteiger charge is -2.34. The van der Waals surface area contributed by atoms with Gasteiger partial charge in [-0.25, -0.2) is 12.9 Å². The van der Waals surface area contributed by atoms with Crippen LogP contribution in [0.1, 0.15) is 29.0 Å². The van der Waals surface area contributed by atoms with Crippen molar-refractivity contribution in [2.75, 3.05) is 65.4 Å². The number of hydrogen-bond donors (Lipinski definition) is 1. The second-order valence-electron chi connectivity index (χ2n) is 7.40. The Morgan fingerprint density at radius 3 is 2.33 bits per heavy atom. The average molecular weight is 487 g/mol. The standard InChI is InChI=1S/C19H30IN5O2/c20-25-9-3-7-22-10-11-23(14-15-25)6-2-8-24(13-12-22)16-17-4-1-5-18(21-17)19(26)27/h1,4-5H,2-3,6-16H2,(H,26,27). The van der Waals surface area contributed by atoms with Crippen LogP contribution in [-0.4, -0.2) is 99.3 Å². The smallest absolute Gasteiger partial charge is 0.354 e. The summed E-state index contributed by atoms with van der Waals surface area (Å²) in [6.07, 6.45) is 2.35. The van der Waals surface area contributed by atoms with E-state index in [-0.39, 0.29) is 5.69 Å². The van der Waals surface area contributed by atoms with Gasteiger partial charge < -0.3 is 14.9 Å². The Morgan fingerprint density at radius 1 is 0.926 bits per heavy atom. The number of aromatic nitrogens is 1. The number of aromatic carboxylic acids is 1. The van der Waals surface area contributed by atoms with E-state index >= 15 is 0 Å². The van der Waals surface area contributed by atoms with Crippen molar-refractivity contribution in [1.82, 2.24) is 22.8 Å². The minimum Gasteiger partial charge on any atom is -0.477 e. The van der Waals surface area contributed by atoms with Gasteiger partial charge in [-0.3, -0.25) is 4.90 Å². The van der Waals surface area contributed by atoms with Crippen molar-refractivity contribution in [1.29, 1.82) is 0 Å². The molecule has 2 fully saturated rings. The summed E-state index contributed by atoms with van der Waals surface area (Å²) in [5.41, 5.74) is 0.976. The van der Waals surface area contributed by atoms with Crippen molar-refractivity contribution in [2.24, 2.45) is 0 Å². The molecule has 3 heterocycles. The van der Waals surface area contributed by atoms with Crippen LogP contribution in [0.2, 0.25) is 0 Å². The summed E-state index contributed by atoms with van der Waals surface area (Å²) >= 11 is 2.46. The number of halogens is 1. The van der Waals surface area contributed by atoms with Crippen molar-refractivity contribution >= 4 is 28.8 Å². The van der Waals surface area contributed by atoms with Crippen molar-refractivity contribution in [3.63, 3.8) is 0 Å². The van der Waals surface area contributed by atoms with Gasteiger partial charge in [-0.2, -0.15) is 0 Å². The first-order valence-electron chi connectivity index (χ1n) is 9.87. The highest BCUT2D eigenvalue weighted by molar-refractivity contribution is 14.1. The fraction of sp³-hybridized carbons (Fsp3) is 0.684. The number of fused-ring (bicyclic) bond motifs is 3. The van der Waals surface area contributed by atoms with Crippen LogP contribution in [0, 0.1) is 0 Å². The van der Waals surface area contributed by atoms with Gasteiger partial charge in [0.05, 0.1) is 5.69 Å². The van der Waals surface area contributed by atoms with Gasteiger partial charge in [0, 0.05) is 75.2 Å². The molecule has 0 radical (unpaired) electrons. The quantitative estimate of drug-likeness (QED) is 0.514. The monoisotopic (exact) mass is 487 g/mol. The van der Waals surface area contributed by atoms with Gasteiger partial charge in [0.15, 0.2) is 0 Å². The molecular formula is C19H30IN5O2. The van der Waals surface area contributed by atoms with Gasteiger partial charge in [0.1, 0.15) is 5.69 Å². The first kappa shape index (κ1) is 20.9. The molecule has 8 heteroatoms. The molecule has 2 saturated heterocycles. The third-order valence-corrected chi connectivity index (χ3v) is 6.32. The van der Waals surface area contributed by atoms with Crippen LogP contribution >= 0.6 is 22.9 Å². The molecule has 2 aliphatic rings. The number of carboxylic acid groups (broad SMARTS) is 1. The third kappa shape index (κ3) is 6.94. The Morgan fingerprint density at radius 2 is 1.59 bits per heavy atom. The van der Waals surface area contributed by atoms with Crippen LogP contribution in [0.4, 0.5) is 0 Å². The van der Waals surface area contributed by atoms with E-state index in [4.69, 9.17) is 0 Å². The van der Waals surface area contributed by atoms with Crippen molar-refractivity contribution < 1.29 is 9.90 Å². The van der Waals surface area contributed by atoms with E-state index in [9.17, 15) is 9.90 Å².